The molecule has 0 unspecified atom stereocenters. The molecule has 4 rings (SSSR count). The van der Waals surface area contributed by atoms with Gasteiger partial charge in [-0.3, -0.25) is 20.2 Å². The summed E-state index contributed by atoms with van der Waals surface area (Å²) in [6.07, 6.45) is 0. The minimum absolute atomic E-state index is 0.315. The van der Waals surface area contributed by atoms with E-state index in [0.29, 0.717) is 29.4 Å². The molecule has 8 heteroatoms. The van der Waals surface area contributed by atoms with E-state index in [1.165, 1.54) is 7.11 Å². The topological polar surface area (TPSA) is 103 Å². The number of nitrogens with one attached hydrogen (secondary N) is 2. The smallest absolute Gasteiger partial charge is 0.256 e. The number of hydrogen-bond donors (Lipinski definition) is 2. The summed E-state index contributed by atoms with van der Waals surface area (Å²) >= 11 is 0. The van der Waals surface area contributed by atoms with Crippen molar-refractivity contribution in [1.29, 1.82) is 0 Å². The van der Waals surface area contributed by atoms with Crippen molar-refractivity contribution in [2.75, 3.05) is 19.0 Å². The number of nitro groups is 1. The van der Waals surface area contributed by atoms with Crippen molar-refractivity contribution in [2.24, 2.45) is 0 Å². The van der Waals surface area contributed by atoms with E-state index in [-0.39, 0.29) is 11.0 Å². The van der Waals surface area contributed by atoms with Crippen molar-refractivity contribution in [3.05, 3.63) is 63.7 Å². The van der Waals surface area contributed by atoms with E-state index in [1.807, 2.05) is 19.9 Å². The predicted molar refractivity (Wildman–Crippen MR) is 107 cm³/mol. The van der Waals surface area contributed by atoms with Crippen LogP contribution in [0.25, 0.3) is 0 Å². The molecule has 0 bridgehead atoms. The molecule has 1 fully saturated rings. The molecule has 1 saturated heterocycles. The van der Waals surface area contributed by atoms with Crippen molar-refractivity contribution in [3.8, 4) is 11.5 Å². The Morgan fingerprint density at radius 3 is 2.66 bits per heavy atom. The molecule has 8 nitrogen and oxygen atoms in total. The number of carbonyl (C=O) groups excluding carboxylic acids is 1. The summed E-state index contributed by atoms with van der Waals surface area (Å²) in [6.45, 7) is 4.22. The van der Waals surface area contributed by atoms with Gasteiger partial charge in [0, 0.05) is 22.2 Å². The molecule has 2 aromatic carbocycles. The number of carbonyl (C=O) groups is 1. The summed E-state index contributed by atoms with van der Waals surface area (Å²) in [4.78, 5) is 25.0. The summed E-state index contributed by atoms with van der Waals surface area (Å²) < 4.78 is 11.0. The maximum atomic E-state index is 13.0. The molecule has 0 saturated carbocycles. The largest absolute Gasteiger partial charge is 0.493 e. The molecule has 2 N–H and O–H groups in total. The van der Waals surface area contributed by atoms with E-state index >= 15 is 0 Å². The van der Waals surface area contributed by atoms with Gasteiger partial charge in [0.2, 0.25) is 0 Å². The van der Waals surface area contributed by atoms with Crippen LogP contribution in [0.1, 0.15) is 30.9 Å². The van der Waals surface area contributed by atoms with Crippen LogP contribution in [0.5, 0.6) is 11.5 Å². The third-order valence-electron chi connectivity index (χ3n) is 5.84. The molecule has 2 aromatic rings. The van der Waals surface area contributed by atoms with Crippen LogP contribution in [0.3, 0.4) is 0 Å². The molecule has 0 aliphatic carbocycles. The number of benzene rings is 2. The molecular formula is C21H23N3O5. The average Bonchev–Trinajstić information content (AvgIpc) is 3.17. The Kier molecular flexibility index (Phi) is 4.66. The lowest BCUT2D eigenvalue weighted by Gasteiger charge is -2.25. The second kappa shape index (κ2) is 7.04. The molecule has 152 valence electrons. The van der Waals surface area contributed by atoms with E-state index in [2.05, 4.69) is 10.6 Å². The minimum atomic E-state index is -1.42. The van der Waals surface area contributed by atoms with E-state index in [9.17, 15) is 14.9 Å². The quantitative estimate of drug-likeness (QED) is 0.594. The number of nitrogens with zero attached hydrogens (tertiary/aromatic N) is 1. The Labute approximate surface area is 168 Å². The number of para-hydroxylation sites is 1. The lowest BCUT2D eigenvalue weighted by atomic mass is 9.78. The van der Waals surface area contributed by atoms with Gasteiger partial charge in [0.1, 0.15) is 0 Å². The normalized spacial score (nSPS) is 27.6. The van der Waals surface area contributed by atoms with Crippen molar-refractivity contribution in [2.45, 2.75) is 37.4 Å². The summed E-state index contributed by atoms with van der Waals surface area (Å²) in [5.74, 6) is 0.156. The van der Waals surface area contributed by atoms with Crippen LogP contribution in [0.2, 0.25) is 0 Å². The minimum Gasteiger partial charge on any atom is -0.493 e. The second-order valence-corrected chi connectivity index (χ2v) is 7.34. The molecule has 29 heavy (non-hydrogen) atoms. The van der Waals surface area contributed by atoms with Crippen molar-refractivity contribution in [3.63, 3.8) is 0 Å². The van der Waals surface area contributed by atoms with Gasteiger partial charge in [-0.25, -0.2) is 0 Å². The van der Waals surface area contributed by atoms with Crippen LogP contribution >= 0.6 is 0 Å². The summed E-state index contributed by atoms with van der Waals surface area (Å²) in [7, 11) is 1.53. The highest BCUT2D eigenvalue weighted by molar-refractivity contribution is 6.07. The Morgan fingerprint density at radius 2 is 1.97 bits per heavy atom. The SMILES string of the molecule is CCOc1ccc([C@@H]2[C@H](C)N[C@]3(C(=O)Nc4ccccc43)[C@@H]2[N+](=O)[O-])cc1OC. The number of methoxy groups -OCH3 is 1. The number of ether oxygens (including phenoxy) is 2. The van der Waals surface area contributed by atoms with Gasteiger partial charge in [-0.2, -0.15) is 0 Å². The molecule has 0 aromatic heterocycles. The number of anilines is 1. The molecular weight excluding hydrogens is 374 g/mol. The van der Waals surface area contributed by atoms with Gasteiger partial charge in [-0.1, -0.05) is 24.3 Å². The van der Waals surface area contributed by atoms with Gasteiger partial charge in [0.05, 0.1) is 19.6 Å². The van der Waals surface area contributed by atoms with Crippen LogP contribution in [-0.2, 0) is 10.3 Å². The molecule has 2 aliphatic heterocycles. The maximum Gasteiger partial charge on any atom is 0.256 e. The fourth-order valence-corrected chi connectivity index (χ4v) is 4.72. The van der Waals surface area contributed by atoms with Crippen molar-refractivity contribution < 1.29 is 19.2 Å². The van der Waals surface area contributed by atoms with E-state index in [0.717, 1.165) is 5.56 Å². The van der Waals surface area contributed by atoms with Gasteiger partial charge in [0.25, 0.3) is 11.9 Å². The first-order chi connectivity index (χ1) is 13.9. The maximum absolute atomic E-state index is 13.0. The van der Waals surface area contributed by atoms with Gasteiger partial charge in [-0.05, 0) is 37.6 Å². The van der Waals surface area contributed by atoms with Crippen LogP contribution in [-0.4, -0.2) is 36.6 Å². The standard InChI is InChI=1S/C21H23N3O5/c1-4-29-16-10-9-13(11-17(16)28-3)18-12(2)23-21(19(18)24(26)27)14-7-5-6-8-15(14)22-20(21)25/h5-12,18-19,23H,4H2,1-3H3,(H,22,25)/t12-,18-,19+,21-/m0/s1. The third kappa shape index (κ3) is 2.74. The predicted octanol–water partition coefficient (Wildman–Crippen LogP) is 2.66. The van der Waals surface area contributed by atoms with Gasteiger partial charge < -0.3 is 14.8 Å². The first kappa shape index (κ1) is 19.2. The summed E-state index contributed by atoms with van der Waals surface area (Å²) in [5, 5.41) is 18.4. The zero-order valence-corrected chi connectivity index (χ0v) is 16.5. The zero-order chi connectivity index (χ0) is 20.8. The first-order valence-electron chi connectivity index (χ1n) is 9.57. The van der Waals surface area contributed by atoms with Crippen LogP contribution < -0.4 is 20.1 Å². The third-order valence-corrected chi connectivity index (χ3v) is 5.84. The van der Waals surface area contributed by atoms with E-state index in [4.69, 9.17) is 9.47 Å². The molecule has 2 aliphatic rings. The summed E-state index contributed by atoms with van der Waals surface area (Å²) in [6, 6.07) is 11.0. The zero-order valence-electron chi connectivity index (χ0n) is 16.5. The Balaban J connectivity index is 1.84. The molecule has 0 radical (unpaired) electrons. The summed E-state index contributed by atoms with van der Waals surface area (Å²) in [5.41, 5.74) is 0.518. The average molecular weight is 397 g/mol. The lowest BCUT2D eigenvalue weighted by Crippen LogP contribution is -2.54. The van der Waals surface area contributed by atoms with E-state index < -0.39 is 23.4 Å². The first-order valence-corrected chi connectivity index (χ1v) is 9.57. The second-order valence-electron chi connectivity index (χ2n) is 7.34. The fourth-order valence-electron chi connectivity index (χ4n) is 4.72. The van der Waals surface area contributed by atoms with Crippen LogP contribution in [0, 0.1) is 10.1 Å². The van der Waals surface area contributed by atoms with Crippen molar-refractivity contribution >= 4 is 11.6 Å². The van der Waals surface area contributed by atoms with E-state index in [1.54, 1.807) is 36.4 Å². The molecule has 4 atom stereocenters. The fraction of sp³-hybridized carbons (Fsp3) is 0.381. The highest BCUT2D eigenvalue weighted by atomic mass is 16.6. The van der Waals surface area contributed by atoms with Gasteiger partial charge >= 0.3 is 0 Å². The Hall–Kier alpha value is -3.13. The lowest BCUT2D eigenvalue weighted by molar-refractivity contribution is -0.532. The highest BCUT2D eigenvalue weighted by Gasteiger charge is 2.67. The van der Waals surface area contributed by atoms with Crippen LogP contribution in [0.4, 0.5) is 5.69 Å². The molecule has 1 spiro atoms. The number of amides is 1. The number of hydrogen-bond acceptors (Lipinski definition) is 6. The monoisotopic (exact) mass is 397 g/mol. The number of rotatable bonds is 5. The van der Waals surface area contributed by atoms with Crippen molar-refractivity contribution in [1.82, 2.24) is 5.32 Å². The van der Waals surface area contributed by atoms with Crippen LogP contribution in [0.15, 0.2) is 42.5 Å². The molecule has 2 heterocycles. The highest BCUT2D eigenvalue weighted by Crippen LogP contribution is 2.50. The van der Waals surface area contributed by atoms with Gasteiger partial charge in [-0.15, -0.1) is 0 Å². The Bertz CT molecular complexity index is 979. The molecule has 1 amide bonds. The van der Waals surface area contributed by atoms with Gasteiger partial charge in [0.15, 0.2) is 17.0 Å². The Morgan fingerprint density at radius 1 is 1.21 bits per heavy atom. The number of fused-ring (bicyclic) bond motifs is 2.